The summed E-state index contributed by atoms with van der Waals surface area (Å²) in [7, 11) is 1.97. The Bertz CT molecular complexity index is 1300. The molecule has 1 N–H and O–H groups in total. The van der Waals surface area contributed by atoms with Gasteiger partial charge in [-0.1, -0.05) is 23.7 Å². The fraction of sp³-hybridized carbons (Fsp3) is 0.269. The average Bonchev–Trinajstić information content (AvgIpc) is 3.13. The molecule has 0 unspecified atom stereocenters. The molecule has 2 aromatic heterocycles. The Morgan fingerprint density at radius 1 is 1.06 bits per heavy atom. The number of halogens is 2. The van der Waals surface area contributed by atoms with Crippen molar-refractivity contribution in [2.75, 3.05) is 37.7 Å². The van der Waals surface area contributed by atoms with Gasteiger partial charge in [-0.25, -0.2) is 9.37 Å². The Hall–Kier alpha value is -3.09. The van der Waals surface area contributed by atoms with E-state index in [1.54, 1.807) is 12.3 Å². The molecule has 0 saturated carbocycles. The van der Waals surface area contributed by atoms with Crippen molar-refractivity contribution in [3.05, 3.63) is 65.6 Å². The van der Waals surface area contributed by atoms with E-state index in [2.05, 4.69) is 39.5 Å². The number of nitrogens with zero attached hydrogens (tertiary/aromatic N) is 3. The van der Waals surface area contributed by atoms with Crippen LogP contribution >= 0.6 is 11.6 Å². The molecule has 33 heavy (non-hydrogen) atoms. The summed E-state index contributed by atoms with van der Waals surface area (Å²) < 4.78 is 22.2. The molecule has 0 radical (unpaired) electrons. The van der Waals surface area contributed by atoms with Crippen molar-refractivity contribution in [2.45, 2.75) is 6.92 Å². The summed E-state index contributed by atoms with van der Waals surface area (Å²) in [5.41, 5.74) is 5.45. The zero-order chi connectivity index (χ0) is 22.9. The molecule has 0 spiro atoms. The Kier molecular flexibility index (Phi) is 5.96. The first-order valence-electron chi connectivity index (χ1n) is 11.2. The van der Waals surface area contributed by atoms with Crippen LogP contribution in [0.2, 0.25) is 5.02 Å². The van der Waals surface area contributed by atoms with Crippen LogP contribution in [0.25, 0.3) is 33.4 Å². The first kappa shape index (κ1) is 21.7. The standard InChI is InChI=1S/C26H26ClFN4O/c1-3-33-21-15-18(14-19(28)16-21)23-24-22(27)8-9-30-26(24)31(2)25(23)17-4-6-20(7-5-17)32-12-10-29-11-13-32/h4-9,14-16,29H,3,10-13H2,1-2H3. The number of aryl methyl sites for hydroxylation is 1. The quantitative estimate of drug-likeness (QED) is 0.423. The van der Waals surface area contributed by atoms with Crippen molar-refractivity contribution in [2.24, 2.45) is 7.05 Å². The van der Waals surface area contributed by atoms with E-state index in [0.717, 1.165) is 54.0 Å². The number of fused-ring (bicyclic) bond motifs is 1. The van der Waals surface area contributed by atoms with Gasteiger partial charge in [0.25, 0.3) is 0 Å². The van der Waals surface area contributed by atoms with Crippen LogP contribution < -0.4 is 15.0 Å². The zero-order valence-electron chi connectivity index (χ0n) is 18.7. The molecular weight excluding hydrogens is 439 g/mol. The fourth-order valence-corrected chi connectivity index (χ4v) is 4.87. The summed E-state index contributed by atoms with van der Waals surface area (Å²) >= 11 is 6.66. The average molecular weight is 465 g/mol. The maximum absolute atomic E-state index is 14.6. The smallest absolute Gasteiger partial charge is 0.142 e. The second-order valence-electron chi connectivity index (χ2n) is 8.17. The molecule has 5 nitrogen and oxygen atoms in total. The Morgan fingerprint density at radius 3 is 2.55 bits per heavy atom. The van der Waals surface area contributed by atoms with E-state index in [0.29, 0.717) is 22.9 Å². The highest BCUT2D eigenvalue weighted by Crippen LogP contribution is 2.43. The molecule has 2 aromatic carbocycles. The highest BCUT2D eigenvalue weighted by molar-refractivity contribution is 6.37. The van der Waals surface area contributed by atoms with E-state index in [9.17, 15) is 4.39 Å². The molecule has 0 atom stereocenters. The van der Waals surface area contributed by atoms with Crippen LogP contribution in [0.15, 0.2) is 54.7 Å². The number of pyridine rings is 1. The molecule has 1 fully saturated rings. The van der Waals surface area contributed by atoms with Crippen molar-refractivity contribution in [1.82, 2.24) is 14.9 Å². The van der Waals surface area contributed by atoms with E-state index in [-0.39, 0.29) is 5.82 Å². The van der Waals surface area contributed by atoms with E-state index in [1.165, 1.54) is 17.8 Å². The number of rotatable bonds is 5. The van der Waals surface area contributed by atoms with Gasteiger partial charge in [0.15, 0.2) is 0 Å². The molecule has 0 aliphatic carbocycles. The molecule has 7 heteroatoms. The second-order valence-corrected chi connectivity index (χ2v) is 8.57. The van der Waals surface area contributed by atoms with Gasteiger partial charge in [-0.05, 0) is 48.4 Å². The number of hydrogen-bond donors (Lipinski definition) is 1. The van der Waals surface area contributed by atoms with Gasteiger partial charge in [0.05, 0.1) is 17.3 Å². The van der Waals surface area contributed by atoms with Gasteiger partial charge >= 0.3 is 0 Å². The molecule has 0 amide bonds. The lowest BCUT2D eigenvalue weighted by Gasteiger charge is -2.29. The minimum Gasteiger partial charge on any atom is -0.494 e. The topological polar surface area (TPSA) is 42.3 Å². The first-order chi connectivity index (χ1) is 16.1. The lowest BCUT2D eigenvalue weighted by atomic mass is 9.98. The number of aromatic nitrogens is 2. The molecule has 3 heterocycles. The summed E-state index contributed by atoms with van der Waals surface area (Å²) in [6.07, 6.45) is 1.70. The van der Waals surface area contributed by atoms with Crippen LogP contribution in [0.1, 0.15) is 6.92 Å². The summed E-state index contributed by atoms with van der Waals surface area (Å²) in [4.78, 5) is 6.96. The first-order valence-corrected chi connectivity index (χ1v) is 11.6. The number of ether oxygens (including phenoxy) is 1. The highest BCUT2D eigenvalue weighted by atomic mass is 35.5. The van der Waals surface area contributed by atoms with Crippen LogP contribution in [-0.4, -0.2) is 42.3 Å². The van der Waals surface area contributed by atoms with Crippen molar-refractivity contribution in [1.29, 1.82) is 0 Å². The van der Waals surface area contributed by atoms with Gasteiger partial charge < -0.3 is 19.5 Å². The Labute approximate surface area is 197 Å². The SMILES string of the molecule is CCOc1cc(F)cc(-c2c(-c3ccc(N4CCNCC4)cc3)n(C)c3nccc(Cl)c23)c1. The molecule has 4 aromatic rings. The molecule has 0 bridgehead atoms. The third kappa shape index (κ3) is 4.05. The van der Waals surface area contributed by atoms with Crippen LogP contribution in [0.5, 0.6) is 5.75 Å². The van der Waals surface area contributed by atoms with Crippen molar-refractivity contribution in [3.63, 3.8) is 0 Å². The Morgan fingerprint density at radius 2 is 1.82 bits per heavy atom. The van der Waals surface area contributed by atoms with Crippen molar-refractivity contribution in [3.8, 4) is 28.1 Å². The van der Waals surface area contributed by atoms with Gasteiger partial charge in [-0.2, -0.15) is 0 Å². The molecule has 1 saturated heterocycles. The number of benzene rings is 2. The van der Waals surface area contributed by atoms with Gasteiger partial charge in [0, 0.05) is 62.1 Å². The number of piperazine rings is 1. The van der Waals surface area contributed by atoms with Gasteiger partial charge in [0.1, 0.15) is 17.2 Å². The summed E-state index contributed by atoms with van der Waals surface area (Å²) in [6.45, 7) is 6.29. The third-order valence-electron chi connectivity index (χ3n) is 6.11. The van der Waals surface area contributed by atoms with Crippen LogP contribution in [0.4, 0.5) is 10.1 Å². The lowest BCUT2D eigenvalue weighted by molar-refractivity contribution is 0.338. The number of nitrogens with one attached hydrogen (secondary N) is 1. The van der Waals surface area contributed by atoms with E-state index in [1.807, 2.05) is 24.6 Å². The van der Waals surface area contributed by atoms with Crippen molar-refractivity contribution < 1.29 is 9.13 Å². The number of anilines is 1. The van der Waals surface area contributed by atoms with Gasteiger partial charge in [-0.3, -0.25) is 0 Å². The summed E-state index contributed by atoms with van der Waals surface area (Å²) in [6, 6.07) is 15.1. The molecule has 1 aliphatic heterocycles. The maximum Gasteiger partial charge on any atom is 0.142 e. The van der Waals surface area contributed by atoms with Crippen LogP contribution in [0, 0.1) is 5.82 Å². The van der Waals surface area contributed by atoms with Crippen LogP contribution in [0.3, 0.4) is 0 Å². The van der Waals surface area contributed by atoms with E-state index in [4.69, 9.17) is 16.3 Å². The van der Waals surface area contributed by atoms with Crippen LogP contribution in [-0.2, 0) is 7.05 Å². The largest absolute Gasteiger partial charge is 0.494 e. The highest BCUT2D eigenvalue weighted by Gasteiger charge is 2.22. The fourth-order valence-electron chi connectivity index (χ4n) is 4.63. The van der Waals surface area contributed by atoms with E-state index < -0.39 is 0 Å². The molecule has 1 aliphatic rings. The van der Waals surface area contributed by atoms with Gasteiger partial charge in [-0.15, -0.1) is 0 Å². The van der Waals surface area contributed by atoms with E-state index >= 15 is 0 Å². The third-order valence-corrected chi connectivity index (χ3v) is 6.43. The predicted octanol–water partition coefficient (Wildman–Crippen LogP) is 5.51. The normalized spacial score (nSPS) is 14.1. The molecular formula is C26H26ClFN4O. The summed E-state index contributed by atoms with van der Waals surface area (Å²) in [5.74, 6) is 0.137. The minimum absolute atomic E-state index is 0.354. The second kappa shape index (κ2) is 9.04. The maximum atomic E-state index is 14.6. The monoisotopic (exact) mass is 464 g/mol. The lowest BCUT2D eigenvalue weighted by Crippen LogP contribution is -2.43. The van der Waals surface area contributed by atoms with Crippen molar-refractivity contribution >= 4 is 28.3 Å². The summed E-state index contributed by atoms with van der Waals surface area (Å²) in [5, 5.41) is 4.77. The molecule has 5 rings (SSSR count). The zero-order valence-corrected chi connectivity index (χ0v) is 19.5. The van der Waals surface area contributed by atoms with Gasteiger partial charge in [0.2, 0.25) is 0 Å². The predicted molar refractivity (Wildman–Crippen MR) is 133 cm³/mol. The molecule has 170 valence electrons. The number of hydrogen-bond acceptors (Lipinski definition) is 4. The Balaban J connectivity index is 1.70. The minimum atomic E-state index is -0.354.